The van der Waals surface area contributed by atoms with E-state index in [1.165, 1.54) is 0 Å². The average Bonchev–Trinajstić information content (AvgIpc) is 2.97. The minimum atomic E-state index is 0.829. The number of hydrogen-bond donors (Lipinski definition) is 0. The molecule has 0 aliphatic rings. The zero-order chi connectivity index (χ0) is 25.9. The van der Waals surface area contributed by atoms with E-state index in [9.17, 15) is 0 Å². The van der Waals surface area contributed by atoms with Gasteiger partial charge in [0.2, 0.25) is 0 Å². The van der Waals surface area contributed by atoms with Gasteiger partial charge < -0.3 is 0 Å². The van der Waals surface area contributed by atoms with Crippen molar-refractivity contribution in [3.05, 3.63) is 142 Å². The molecule has 0 amide bonds. The normalized spacial score (nSPS) is 10.9. The van der Waals surface area contributed by atoms with Crippen molar-refractivity contribution in [1.82, 2.24) is 9.97 Å². The quantitative estimate of drug-likeness (QED) is 0.192. The zero-order valence-electron chi connectivity index (χ0n) is 20.4. The Morgan fingerprint density at radius 1 is 0.316 bits per heavy atom. The van der Waals surface area contributed by atoms with Gasteiger partial charge in [0, 0.05) is 20.1 Å². The van der Waals surface area contributed by atoms with E-state index in [-0.39, 0.29) is 0 Å². The van der Waals surface area contributed by atoms with Gasteiger partial charge in [0.15, 0.2) is 0 Å². The molecule has 38 heavy (non-hydrogen) atoms. The lowest BCUT2D eigenvalue weighted by atomic mass is 9.99. The lowest BCUT2D eigenvalue weighted by Gasteiger charge is -2.13. The predicted molar refractivity (Wildman–Crippen MR) is 165 cm³/mol. The van der Waals surface area contributed by atoms with Gasteiger partial charge in [-0.25, -0.2) is 9.97 Å². The Hall–Kier alpha value is -3.86. The third-order valence-corrected chi connectivity index (χ3v) is 7.35. The number of nitrogens with zero attached hydrogens (tertiary/aromatic N) is 2. The van der Waals surface area contributed by atoms with E-state index in [4.69, 9.17) is 9.97 Å². The molecule has 0 atom stereocenters. The zero-order valence-corrected chi connectivity index (χ0v) is 23.5. The summed E-state index contributed by atoms with van der Waals surface area (Å²) < 4.78 is 2.04. The maximum absolute atomic E-state index is 5.14. The fourth-order valence-corrected chi connectivity index (χ4v) is 5.31. The number of hydrogen-bond acceptors (Lipinski definition) is 2. The van der Waals surface area contributed by atoms with Crippen molar-refractivity contribution in [3.63, 3.8) is 0 Å². The van der Waals surface area contributed by atoms with Crippen LogP contribution in [-0.4, -0.2) is 9.97 Å². The summed E-state index contributed by atoms with van der Waals surface area (Å²) in [6, 6.07) is 45.9. The Morgan fingerprint density at radius 2 is 0.684 bits per heavy atom. The summed E-state index contributed by atoms with van der Waals surface area (Å²) in [5.74, 6) is 0. The highest BCUT2D eigenvalue weighted by atomic mass is 79.9. The highest BCUT2D eigenvalue weighted by molar-refractivity contribution is 9.10. The van der Waals surface area contributed by atoms with Crippen molar-refractivity contribution < 1.29 is 0 Å². The molecule has 6 rings (SSSR count). The van der Waals surface area contributed by atoms with Gasteiger partial charge in [0.25, 0.3) is 0 Å². The van der Waals surface area contributed by atoms with Crippen LogP contribution in [0.5, 0.6) is 0 Å². The molecule has 0 fully saturated rings. The minimum Gasteiger partial charge on any atom is -0.246 e. The van der Waals surface area contributed by atoms with Crippen LogP contribution in [0.4, 0.5) is 0 Å². The molecule has 6 aromatic rings. The van der Waals surface area contributed by atoms with Crippen molar-refractivity contribution in [3.8, 4) is 56.2 Å². The first-order valence-corrected chi connectivity index (χ1v) is 13.9. The number of halogens is 2. The summed E-state index contributed by atoms with van der Waals surface area (Å²) in [6.07, 6.45) is 0. The van der Waals surface area contributed by atoms with Gasteiger partial charge in [-0.2, -0.15) is 0 Å². The van der Waals surface area contributed by atoms with Crippen LogP contribution in [0, 0.1) is 0 Å². The summed E-state index contributed by atoms with van der Waals surface area (Å²) in [6.45, 7) is 0. The smallest absolute Gasteiger partial charge is 0.0900 e. The Bertz CT molecular complexity index is 1600. The molecule has 0 saturated carbocycles. The van der Waals surface area contributed by atoms with Gasteiger partial charge >= 0.3 is 0 Å². The van der Waals surface area contributed by atoms with Crippen molar-refractivity contribution in [1.29, 1.82) is 0 Å². The van der Waals surface area contributed by atoms with Crippen LogP contribution in [0.3, 0.4) is 0 Å². The monoisotopic (exact) mass is 616 g/mol. The third-order valence-electron chi connectivity index (χ3n) is 6.37. The number of rotatable bonds is 5. The van der Waals surface area contributed by atoms with Gasteiger partial charge in [-0.1, -0.05) is 117 Å². The van der Waals surface area contributed by atoms with Crippen molar-refractivity contribution >= 4 is 31.9 Å². The highest BCUT2D eigenvalue weighted by Crippen LogP contribution is 2.34. The van der Waals surface area contributed by atoms with E-state index >= 15 is 0 Å². The van der Waals surface area contributed by atoms with Gasteiger partial charge in [-0.05, 0) is 70.8 Å². The van der Waals surface area contributed by atoms with Gasteiger partial charge in [0.1, 0.15) is 0 Å². The topological polar surface area (TPSA) is 25.8 Å². The third kappa shape index (κ3) is 5.38. The molecule has 2 nitrogen and oxygen atoms in total. The molecule has 0 N–H and O–H groups in total. The average molecular weight is 618 g/mol. The predicted octanol–water partition coefficient (Wildman–Crippen LogP) is 10.3. The van der Waals surface area contributed by atoms with E-state index in [2.05, 4.69) is 129 Å². The fourth-order valence-electron chi connectivity index (χ4n) is 4.51. The van der Waals surface area contributed by atoms with Crippen LogP contribution in [-0.2, 0) is 0 Å². The second-order valence-electron chi connectivity index (χ2n) is 9.01. The van der Waals surface area contributed by atoms with E-state index in [0.717, 1.165) is 65.1 Å². The van der Waals surface area contributed by atoms with Crippen molar-refractivity contribution in [2.75, 3.05) is 0 Å². The molecule has 2 aromatic heterocycles. The maximum atomic E-state index is 5.14. The summed E-state index contributed by atoms with van der Waals surface area (Å²) in [4.78, 5) is 10.3. The Balaban J connectivity index is 1.59. The molecular weight excluding hydrogens is 596 g/mol. The van der Waals surface area contributed by atoms with Crippen LogP contribution in [0.1, 0.15) is 0 Å². The summed E-state index contributed by atoms with van der Waals surface area (Å²) in [5, 5.41) is 0. The van der Waals surface area contributed by atoms with Crippen molar-refractivity contribution in [2.45, 2.75) is 0 Å². The lowest BCUT2D eigenvalue weighted by molar-refractivity contribution is 1.25. The van der Waals surface area contributed by atoms with E-state index in [1.54, 1.807) is 0 Å². The second-order valence-corrected chi connectivity index (χ2v) is 10.8. The molecular formula is C34H22Br2N2. The Labute approximate surface area is 239 Å². The Morgan fingerprint density at radius 3 is 1.08 bits per heavy atom. The number of benzene rings is 4. The van der Waals surface area contributed by atoms with Crippen LogP contribution in [0.2, 0.25) is 0 Å². The van der Waals surface area contributed by atoms with E-state index < -0.39 is 0 Å². The number of pyridine rings is 2. The maximum Gasteiger partial charge on any atom is 0.0900 e. The largest absolute Gasteiger partial charge is 0.246 e. The molecule has 0 aliphatic carbocycles. The summed E-state index contributed by atoms with van der Waals surface area (Å²) in [7, 11) is 0. The number of aromatic nitrogens is 2. The molecule has 4 aromatic carbocycles. The van der Waals surface area contributed by atoms with Gasteiger partial charge in [0.05, 0.1) is 22.8 Å². The van der Waals surface area contributed by atoms with E-state index in [1.807, 2.05) is 36.4 Å². The lowest BCUT2D eigenvalue weighted by Crippen LogP contribution is -1.96. The highest BCUT2D eigenvalue weighted by Gasteiger charge is 2.14. The first-order valence-electron chi connectivity index (χ1n) is 12.3. The molecule has 0 aliphatic heterocycles. The molecule has 182 valence electrons. The summed E-state index contributed by atoms with van der Waals surface area (Å²) in [5.41, 5.74) is 10.0. The van der Waals surface area contributed by atoms with Gasteiger partial charge in [-0.3, -0.25) is 0 Å². The molecule has 0 unspecified atom stereocenters. The standard InChI is InChI=1S/C34H22Br2N2/c35-29-15-7-13-25(17-29)31-19-27(23-9-3-1-4-10-23)21-33(37-31)34-22-28(24-11-5-2-6-12-24)20-32(38-34)26-14-8-16-30(36)18-26/h1-22H. The molecule has 0 radical (unpaired) electrons. The van der Waals surface area contributed by atoms with Gasteiger partial charge in [-0.15, -0.1) is 0 Å². The van der Waals surface area contributed by atoms with Crippen LogP contribution >= 0.6 is 31.9 Å². The van der Waals surface area contributed by atoms with Crippen LogP contribution < -0.4 is 0 Å². The van der Waals surface area contributed by atoms with Crippen LogP contribution in [0.15, 0.2) is 142 Å². The summed E-state index contributed by atoms with van der Waals surface area (Å²) >= 11 is 7.24. The molecule has 4 heteroatoms. The molecule has 2 heterocycles. The first kappa shape index (κ1) is 24.5. The molecule has 0 spiro atoms. The SMILES string of the molecule is Brc1cccc(-c2cc(-c3ccccc3)cc(-c3cc(-c4ccccc4)cc(-c4cccc(Br)c4)n3)n2)c1. The fraction of sp³-hybridized carbons (Fsp3) is 0. The van der Waals surface area contributed by atoms with Crippen LogP contribution in [0.25, 0.3) is 56.2 Å². The Kier molecular flexibility index (Phi) is 7.00. The molecule has 0 bridgehead atoms. The molecule has 0 saturated heterocycles. The van der Waals surface area contributed by atoms with Crippen molar-refractivity contribution in [2.24, 2.45) is 0 Å². The van der Waals surface area contributed by atoms with E-state index in [0.29, 0.717) is 0 Å². The first-order chi connectivity index (χ1) is 18.6. The minimum absolute atomic E-state index is 0.829. The second kappa shape index (κ2) is 10.9.